The summed E-state index contributed by atoms with van der Waals surface area (Å²) in [6, 6.07) is 15.5. The number of hydrogen-bond acceptors (Lipinski definition) is 6. The molecule has 1 aromatic heterocycles. The van der Waals surface area contributed by atoms with E-state index in [9.17, 15) is 8.42 Å². The SMILES string of the molecule is COc1ccc(-c2csc(C)n2)cc1S(=O)(=O)NC1CCN(Cc2ccccc2)CC1. The number of piperidine rings is 1. The van der Waals surface area contributed by atoms with Crippen LogP contribution in [-0.4, -0.2) is 44.5 Å². The normalized spacial score (nSPS) is 15.8. The fraction of sp³-hybridized carbons (Fsp3) is 0.348. The minimum absolute atomic E-state index is 0.0908. The number of benzene rings is 2. The highest BCUT2D eigenvalue weighted by molar-refractivity contribution is 7.89. The lowest BCUT2D eigenvalue weighted by Crippen LogP contribution is -2.44. The Morgan fingerprint density at radius 1 is 1.16 bits per heavy atom. The summed E-state index contributed by atoms with van der Waals surface area (Å²) in [5, 5.41) is 2.87. The number of hydrogen-bond donors (Lipinski definition) is 1. The first-order valence-corrected chi connectivity index (χ1v) is 12.7. The molecule has 0 bridgehead atoms. The Balaban J connectivity index is 1.45. The number of thiazole rings is 1. The van der Waals surface area contributed by atoms with Crippen LogP contribution in [0.25, 0.3) is 11.3 Å². The maximum Gasteiger partial charge on any atom is 0.244 e. The molecular formula is C23H27N3O3S2. The van der Waals surface area contributed by atoms with Crippen LogP contribution in [0.3, 0.4) is 0 Å². The molecule has 0 radical (unpaired) electrons. The molecule has 0 spiro atoms. The predicted octanol–water partition coefficient (Wildman–Crippen LogP) is 4.07. The van der Waals surface area contributed by atoms with Crippen molar-refractivity contribution in [1.29, 1.82) is 0 Å². The van der Waals surface area contributed by atoms with Crippen LogP contribution in [0, 0.1) is 6.92 Å². The smallest absolute Gasteiger partial charge is 0.244 e. The molecule has 1 saturated heterocycles. The van der Waals surface area contributed by atoms with E-state index in [1.807, 2.05) is 36.6 Å². The summed E-state index contributed by atoms with van der Waals surface area (Å²) in [5.74, 6) is 0.338. The van der Waals surface area contributed by atoms with Crippen LogP contribution in [0.2, 0.25) is 0 Å². The van der Waals surface area contributed by atoms with E-state index in [4.69, 9.17) is 4.74 Å². The molecule has 2 heterocycles. The number of ether oxygens (including phenoxy) is 1. The average molecular weight is 458 g/mol. The van der Waals surface area contributed by atoms with Crippen molar-refractivity contribution in [2.45, 2.75) is 37.2 Å². The molecule has 1 aliphatic heterocycles. The first-order chi connectivity index (χ1) is 14.9. The van der Waals surface area contributed by atoms with Gasteiger partial charge in [0.1, 0.15) is 10.6 Å². The third-order valence-corrected chi connectivity index (χ3v) is 7.84. The van der Waals surface area contributed by atoms with E-state index < -0.39 is 10.0 Å². The van der Waals surface area contributed by atoms with Gasteiger partial charge >= 0.3 is 0 Å². The Morgan fingerprint density at radius 3 is 2.55 bits per heavy atom. The number of nitrogens with one attached hydrogen (secondary N) is 1. The quantitative estimate of drug-likeness (QED) is 0.579. The summed E-state index contributed by atoms with van der Waals surface area (Å²) in [4.78, 5) is 7.00. The Hall–Kier alpha value is -2.26. The largest absolute Gasteiger partial charge is 0.495 e. The van der Waals surface area contributed by atoms with Gasteiger partial charge in [-0.1, -0.05) is 30.3 Å². The highest BCUT2D eigenvalue weighted by atomic mass is 32.2. The van der Waals surface area contributed by atoms with Gasteiger partial charge in [-0.3, -0.25) is 4.90 Å². The Kier molecular flexibility index (Phi) is 6.71. The van der Waals surface area contributed by atoms with E-state index in [0.717, 1.165) is 48.7 Å². The van der Waals surface area contributed by atoms with E-state index >= 15 is 0 Å². The topological polar surface area (TPSA) is 71.5 Å². The van der Waals surface area contributed by atoms with Crippen molar-refractivity contribution in [2.75, 3.05) is 20.2 Å². The first kappa shape index (κ1) is 22.0. The average Bonchev–Trinajstić information content (AvgIpc) is 3.21. The van der Waals surface area contributed by atoms with Crippen LogP contribution >= 0.6 is 11.3 Å². The lowest BCUT2D eigenvalue weighted by Gasteiger charge is -2.32. The summed E-state index contributed by atoms with van der Waals surface area (Å²) in [5.41, 5.74) is 2.82. The third kappa shape index (κ3) is 5.33. The van der Waals surface area contributed by atoms with Gasteiger partial charge in [0.2, 0.25) is 10.0 Å². The van der Waals surface area contributed by atoms with Gasteiger partial charge in [-0.2, -0.15) is 0 Å². The zero-order valence-electron chi connectivity index (χ0n) is 17.7. The summed E-state index contributed by atoms with van der Waals surface area (Å²) in [6.07, 6.45) is 1.55. The van der Waals surface area contributed by atoms with E-state index in [1.54, 1.807) is 12.1 Å². The van der Waals surface area contributed by atoms with Gasteiger partial charge in [0.05, 0.1) is 17.8 Å². The number of aromatic nitrogens is 1. The van der Waals surface area contributed by atoms with Gasteiger partial charge in [0, 0.05) is 36.6 Å². The molecule has 3 aromatic rings. The van der Waals surface area contributed by atoms with Gasteiger partial charge in [0.25, 0.3) is 0 Å². The Bertz CT molecular complexity index is 1120. The van der Waals surface area contributed by atoms with Crippen LogP contribution in [0.4, 0.5) is 0 Å². The number of sulfonamides is 1. The van der Waals surface area contributed by atoms with Crippen LogP contribution < -0.4 is 9.46 Å². The molecular weight excluding hydrogens is 430 g/mol. The molecule has 6 nitrogen and oxygen atoms in total. The van der Waals surface area contributed by atoms with Gasteiger partial charge < -0.3 is 4.74 Å². The van der Waals surface area contributed by atoms with Crippen LogP contribution in [0.1, 0.15) is 23.4 Å². The Morgan fingerprint density at radius 2 is 1.90 bits per heavy atom. The molecule has 0 aliphatic carbocycles. The lowest BCUT2D eigenvalue weighted by atomic mass is 10.1. The Labute approximate surface area is 188 Å². The van der Waals surface area contributed by atoms with Crippen molar-refractivity contribution in [2.24, 2.45) is 0 Å². The van der Waals surface area contributed by atoms with Gasteiger partial charge in [0.15, 0.2) is 0 Å². The standard InChI is InChI=1S/C23H27N3O3S2/c1-17-24-21(16-30-17)19-8-9-22(29-2)23(14-19)31(27,28)25-20-10-12-26(13-11-20)15-18-6-4-3-5-7-18/h3-9,14,16,20,25H,10-13,15H2,1-2H3. The summed E-state index contributed by atoms with van der Waals surface area (Å²) in [7, 11) is -2.23. The van der Waals surface area contributed by atoms with E-state index in [1.165, 1.54) is 24.0 Å². The second kappa shape index (κ2) is 9.48. The third-order valence-electron chi connectivity index (χ3n) is 5.53. The summed E-state index contributed by atoms with van der Waals surface area (Å²) in [6.45, 7) is 4.54. The number of nitrogens with zero attached hydrogens (tertiary/aromatic N) is 2. The molecule has 4 rings (SSSR count). The van der Waals surface area contributed by atoms with E-state index in [0.29, 0.717) is 5.75 Å². The molecule has 1 N–H and O–H groups in total. The molecule has 8 heteroatoms. The molecule has 0 unspecified atom stereocenters. The van der Waals surface area contributed by atoms with Crippen LogP contribution in [0.5, 0.6) is 5.75 Å². The van der Waals surface area contributed by atoms with Crippen molar-refractivity contribution >= 4 is 21.4 Å². The summed E-state index contributed by atoms with van der Waals surface area (Å²) >= 11 is 1.54. The van der Waals surface area contributed by atoms with Crippen molar-refractivity contribution in [3.63, 3.8) is 0 Å². The number of aryl methyl sites for hydroxylation is 1. The first-order valence-electron chi connectivity index (χ1n) is 10.3. The maximum atomic E-state index is 13.2. The molecule has 0 saturated carbocycles. The minimum atomic E-state index is -3.72. The van der Waals surface area contributed by atoms with Gasteiger partial charge in [-0.25, -0.2) is 18.1 Å². The molecule has 0 atom stereocenters. The van der Waals surface area contributed by atoms with E-state index in [2.05, 4.69) is 26.7 Å². The highest BCUT2D eigenvalue weighted by Gasteiger charge is 2.27. The molecule has 2 aromatic carbocycles. The predicted molar refractivity (Wildman–Crippen MR) is 124 cm³/mol. The second-order valence-electron chi connectivity index (χ2n) is 7.77. The van der Waals surface area contributed by atoms with Gasteiger partial charge in [-0.05, 0) is 43.5 Å². The lowest BCUT2D eigenvalue weighted by molar-refractivity contribution is 0.200. The fourth-order valence-electron chi connectivity index (χ4n) is 3.88. The minimum Gasteiger partial charge on any atom is -0.495 e. The highest BCUT2D eigenvalue weighted by Crippen LogP contribution is 2.31. The molecule has 1 fully saturated rings. The number of methoxy groups -OCH3 is 1. The number of likely N-dealkylation sites (tertiary alicyclic amines) is 1. The van der Waals surface area contributed by atoms with Crippen molar-refractivity contribution in [1.82, 2.24) is 14.6 Å². The molecule has 164 valence electrons. The van der Waals surface area contributed by atoms with Gasteiger partial charge in [-0.15, -0.1) is 11.3 Å². The second-order valence-corrected chi connectivity index (χ2v) is 10.5. The summed E-state index contributed by atoms with van der Waals surface area (Å²) < 4.78 is 34.7. The van der Waals surface area contributed by atoms with Crippen LogP contribution in [-0.2, 0) is 16.6 Å². The maximum absolute atomic E-state index is 13.2. The number of rotatable bonds is 7. The zero-order valence-corrected chi connectivity index (χ0v) is 19.4. The molecule has 1 aliphatic rings. The fourth-order valence-corrected chi connectivity index (χ4v) is 6.00. The zero-order chi connectivity index (χ0) is 21.8. The van der Waals surface area contributed by atoms with Crippen molar-refractivity contribution < 1.29 is 13.2 Å². The van der Waals surface area contributed by atoms with Crippen molar-refractivity contribution in [3.05, 3.63) is 64.5 Å². The van der Waals surface area contributed by atoms with Crippen molar-refractivity contribution in [3.8, 4) is 17.0 Å². The monoisotopic (exact) mass is 457 g/mol. The molecule has 31 heavy (non-hydrogen) atoms. The van der Waals surface area contributed by atoms with E-state index in [-0.39, 0.29) is 10.9 Å². The molecule has 0 amide bonds. The van der Waals surface area contributed by atoms with Crippen LogP contribution in [0.15, 0.2) is 58.8 Å².